The summed E-state index contributed by atoms with van der Waals surface area (Å²) < 4.78 is 6.86. The molecule has 0 bridgehead atoms. The van der Waals surface area contributed by atoms with Gasteiger partial charge >= 0.3 is 0 Å². The van der Waals surface area contributed by atoms with E-state index in [1.54, 1.807) is 6.07 Å². The molecular weight excluding hydrogens is 421 g/mol. The highest BCUT2D eigenvalue weighted by Gasteiger charge is 2.01. The van der Waals surface area contributed by atoms with Crippen molar-refractivity contribution in [3.8, 4) is 5.75 Å². The van der Waals surface area contributed by atoms with Gasteiger partial charge in [-0.2, -0.15) is 0 Å². The third kappa shape index (κ3) is 5.40. The minimum atomic E-state index is 0.452. The molecule has 5 heteroatoms. The fourth-order valence-electron chi connectivity index (χ4n) is 2.27. The molecule has 3 aromatic carbocycles. The van der Waals surface area contributed by atoms with Crippen LogP contribution in [0.4, 0.5) is 5.69 Å². The highest BCUT2D eigenvalue weighted by molar-refractivity contribution is 9.10. The van der Waals surface area contributed by atoms with E-state index in [0.717, 1.165) is 28.0 Å². The van der Waals surface area contributed by atoms with Crippen LogP contribution in [-0.2, 0) is 13.2 Å². The van der Waals surface area contributed by atoms with E-state index in [9.17, 15) is 0 Å². The minimum absolute atomic E-state index is 0.452. The Bertz CT molecular complexity index is 835. The topological polar surface area (TPSA) is 21.3 Å². The van der Waals surface area contributed by atoms with Gasteiger partial charge in [0.15, 0.2) is 0 Å². The second kappa shape index (κ2) is 8.61. The molecule has 0 aromatic heterocycles. The maximum absolute atomic E-state index is 6.01. The molecule has 1 N–H and O–H groups in total. The van der Waals surface area contributed by atoms with Crippen LogP contribution in [0.15, 0.2) is 71.2 Å². The summed E-state index contributed by atoms with van der Waals surface area (Å²) in [6.45, 7) is 1.21. The maximum Gasteiger partial charge on any atom is 0.119 e. The lowest BCUT2D eigenvalue weighted by atomic mass is 10.2. The van der Waals surface area contributed by atoms with E-state index in [4.69, 9.17) is 27.9 Å². The number of anilines is 1. The molecule has 0 spiro atoms. The number of rotatable bonds is 6. The molecule has 3 aromatic rings. The molecule has 3 rings (SSSR count). The van der Waals surface area contributed by atoms with Crippen LogP contribution in [0, 0.1) is 0 Å². The van der Waals surface area contributed by atoms with Crippen molar-refractivity contribution in [2.24, 2.45) is 0 Å². The Morgan fingerprint density at radius 2 is 1.48 bits per heavy atom. The first kappa shape index (κ1) is 18.1. The van der Waals surface area contributed by atoms with Crippen LogP contribution in [0.5, 0.6) is 5.75 Å². The fraction of sp³-hybridized carbons (Fsp3) is 0.100. The van der Waals surface area contributed by atoms with Gasteiger partial charge in [-0.25, -0.2) is 0 Å². The van der Waals surface area contributed by atoms with Crippen molar-refractivity contribution in [3.63, 3.8) is 0 Å². The fourth-order valence-corrected chi connectivity index (χ4v) is 2.86. The zero-order valence-electron chi connectivity index (χ0n) is 13.3. The van der Waals surface area contributed by atoms with Crippen LogP contribution in [0.25, 0.3) is 0 Å². The monoisotopic (exact) mass is 435 g/mol. The average molecular weight is 437 g/mol. The first-order chi connectivity index (χ1) is 12.1. The molecule has 0 aliphatic rings. The van der Waals surface area contributed by atoms with E-state index in [1.165, 1.54) is 5.56 Å². The zero-order valence-corrected chi connectivity index (χ0v) is 16.4. The predicted molar refractivity (Wildman–Crippen MR) is 109 cm³/mol. The van der Waals surface area contributed by atoms with Gasteiger partial charge < -0.3 is 10.1 Å². The Morgan fingerprint density at radius 1 is 0.800 bits per heavy atom. The molecule has 0 aliphatic carbocycles. The van der Waals surface area contributed by atoms with E-state index in [-0.39, 0.29) is 0 Å². The number of hydrogen-bond acceptors (Lipinski definition) is 2. The van der Waals surface area contributed by atoms with Gasteiger partial charge in [0.2, 0.25) is 0 Å². The second-order valence-corrected chi connectivity index (χ2v) is 7.27. The van der Waals surface area contributed by atoms with E-state index in [1.807, 2.05) is 48.5 Å². The summed E-state index contributed by atoms with van der Waals surface area (Å²) in [7, 11) is 0. The molecule has 0 saturated carbocycles. The molecule has 0 atom stereocenters. The molecule has 0 amide bonds. The molecule has 2 nitrogen and oxygen atoms in total. The van der Waals surface area contributed by atoms with Crippen LogP contribution < -0.4 is 10.1 Å². The van der Waals surface area contributed by atoms with Crippen molar-refractivity contribution < 1.29 is 4.74 Å². The van der Waals surface area contributed by atoms with Gasteiger partial charge in [-0.1, -0.05) is 57.3 Å². The Kier molecular flexibility index (Phi) is 6.24. The van der Waals surface area contributed by atoms with Crippen LogP contribution in [0.1, 0.15) is 11.1 Å². The van der Waals surface area contributed by atoms with Gasteiger partial charge in [0.1, 0.15) is 12.4 Å². The maximum atomic E-state index is 6.01. The van der Waals surface area contributed by atoms with E-state index in [2.05, 4.69) is 33.4 Å². The summed E-state index contributed by atoms with van der Waals surface area (Å²) in [5.74, 6) is 0.818. The normalized spacial score (nSPS) is 10.5. The van der Waals surface area contributed by atoms with Crippen molar-refractivity contribution in [1.29, 1.82) is 0 Å². The summed E-state index contributed by atoms with van der Waals surface area (Å²) >= 11 is 15.4. The van der Waals surface area contributed by atoms with Crippen LogP contribution in [-0.4, -0.2) is 0 Å². The van der Waals surface area contributed by atoms with Crippen molar-refractivity contribution in [3.05, 3.63) is 92.4 Å². The number of benzene rings is 3. The molecule has 0 saturated heterocycles. The molecular formula is C20H16BrCl2NO. The van der Waals surface area contributed by atoms with Crippen molar-refractivity contribution in [2.45, 2.75) is 13.2 Å². The standard InChI is InChI=1S/C20H16BrCl2NO/c21-16-4-6-17(7-5-16)24-12-14-1-8-18(9-2-14)25-13-15-3-10-19(22)20(23)11-15/h1-11,24H,12-13H2. The van der Waals surface area contributed by atoms with Crippen molar-refractivity contribution in [1.82, 2.24) is 0 Å². The van der Waals surface area contributed by atoms with E-state index < -0.39 is 0 Å². The third-order valence-electron chi connectivity index (χ3n) is 3.65. The summed E-state index contributed by atoms with van der Waals surface area (Å²) in [6.07, 6.45) is 0. The molecule has 128 valence electrons. The number of ether oxygens (including phenoxy) is 1. The summed E-state index contributed by atoms with van der Waals surface area (Å²) in [5, 5.41) is 4.48. The summed E-state index contributed by atoms with van der Waals surface area (Å²) in [4.78, 5) is 0. The van der Waals surface area contributed by atoms with Gasteiger partial charge in [0.05, 0.1) is 10.0 Å². The van der Waals surface area contributed by atoms with Crippen LogP contribution in [0.2, 0.25) is 10.0 Å². The molecule has 0 aliphatic heterocycles. The number of halogens is 3. The minimum Gasteiger partial charge on any atom is -0.489 e. The second-order valence-electron chi connectivity index (χ2n) is 5.54. The van der Waals surface area contributed by atoms with E-state index >= 15 is 0 Å². The zero-order chi connectivity index (χ0) is 17.6. The van der Waals surface area contributed by atoms with Crippen molar-refractivity contribution >= 4 is 44.8 Å². The quantitative estimate of drug-likeness (QED) is 0.451. The molecule has 25 heavy (non-hydrogen) atoms. The summed E-state index contributed by atoms with van der Waals surface area (Å²) in [6, 6.07) is 21.7. The predicted octanol–water partition coefficient (Wildman–Crippen LogP) is 6.95. The number of nitrogens with one attached hydrogen (secondary N) is 1. The third-order valence-corrected chi connectivity index (χ3v) is 4.92. The number of hydrogen-bond donors (Lipinski definition) is 1. The Labute approximate surface area is 165 Å². The molecule has 0 unspecified atom stereocenters. The van der Waals surface area contributed by atoms with Crippen LogP contribution >= 0.6 is 39.1 Å². The van der Waals surface area contributed by atoms with Crippen molar-refractivity contribution in [2.75, 3.05) is 5.32 Å². The average Bonchev–Trinajstić information content (AvgIpc) is 2.63. The lowest BCUT2D eigenvalue weighted by molar-refractivity contribution is 0.306. The van der Waals surface area contributed by atoms with E-state index in [0.29, 0.717) is 16.7 Å². The SMILES string of the molecule is Clc1ccc(COc2ccc(CNc3ccc(Br)cc3)cc2)cc1Cl. The molecule has 0 heterocycles. The highest BCUT2D eigenvalue weighted by Crippen LogP contribution is 2.23. The lowest BCUT2D eigenvalue weighted by Crippen LogP contribution is -1.99. The molecule has 0 fully saturated rings. The lowest BCUT2D eigenvalue weighted by Gasteiger charge is -2.09. The van der Waals surface area contributed by atoms with Gasteiger partial charge in [0.25, 0.3) is 0 Å². The first-order valence-corrected chi connectivity index (χ1v) is 9.30. The Morgan fingerprint density at radius 3 is 2.16 bits per heavy atom. The van der Waals surface area contributed by atoms with Crippen LogP contribution in [0.3, 0.4) is 0 Å². The Hall–Kier alpha value is -1.68. The Balaban J connectivity index is 1.53. The van der Waals surface area contributed by atoms with Gasteiger partial charge in [-0.05, 0) is 59.7 Å². The van der Waals surface area contributed by atoms with Gasteiger partial charge in [-0.15, -0.1) is 0 Å². The largest absolute Gasteiger partial charge is 0.489 e. The smallest absolute Gasteiger partial charge is 0.119 e. The molecule has 0 radical (unpaired) electrons. The highest BCUT2D eigenvalue weighted by atomic mass is 79.9. The van der Waals surface area contributed by atoms with Gasteiger partial charge in [0, 0.05) is 16.7 Å². The van der Waals surface area contributed by atoms with Gasteiger partial charge in [-0.3, -0.25) is 0 Å². The first-order valence-electron chi connectivity index (χ1n) is 7.75. The summed E-state index contributed by atoms with van der Waals surface area (Å²) in [5.41, 5.74) is 3.25.